The summed E-state index contributed by atoms with van der Waals surface area (Å²) in [6.45, 7) is 4.22. The van der Waals surface area contributed by atoms with Gasteiger partial charge in [-0.1, -0.05) is 6.92 Å². The molecule has 0 amide bonds. The van der Waals surface area contributed by atoms with Crippen molar-refractivity contribution in [3.63, 3.8) is 0 Å². The minimum atomic E-state index is 0.619. The SMILES string of the molecule is CCc1nc(N2CCCCC2)nc(N)c1I. The Morgan fingerprint density at radius 3 is 2.56 bits per heavy atom. The van der Waals surface area contributed by atoms with E-state index in [1.807, 2.05) is 0 Å². The standard InChI is InChI=1S/C11H17IN4/c1-2-8-9(12)10(13)15-11(14-8)16-6-4-3-5-7-16/h2-7H2,1H3,(H2,13,14,15). The molecule has 1 aromatic heterocycles. The van der Waals surface area contributed by atoms with Crippen LogP contribution in [0, 0.1) is 3.57 Å². The zero-order valence-corrected chi connectivity index (χ0v) is 11.7. The van der Waals surface area contributed by atoms with Crippen LogP contribution in [0.2, 0.25) is 0 Å². The Balaban J connectivity index is 2.29. The monoisotopic (exact) mass is 332 g/mol. The van der Waals surface area contributed by atoms with Gasteiger partial charge in [-0.05, 0) is 48.3 Å². The van der Waals surface area contributed by atoms with E-state index in [2.05, 4.69) is 44.4 Å². The number of halogens is 1. The molecular weight excluding hydrogens is 315 g/mol. The molecule has 1 saturated heterocycles. The summed E-state index contributed by atoms with van der Waals surface area (Å²) in [5.41, 5.74) is 6.98. The summed E-state index contributed by atoms with van der Waals surface area (Å²) in [7, 11) is 0. The average Bonchev–Trinajstić information content (AvgIpc) is 2.33. The number of anilines is 2. The Bertz CT molecular complexity index is 374. The molecule has 16 heavy (non-hydrogen) atoms. The summed E-state index contributed by atoms with van der Waals surface area (Å²) in [5, 5.41) is 0. The molecule has 1 aromatic rings. The Morgan fingerprint density at radius 1 is 1.25 bits per heavy atom. The molecule has 2 heterocycles. The van der Waals surface area contributed by atoms with E-state index in [1.165, 1.54) is 19.3 Å². The van der Waals surface area contributed by atoms with E-state index >= 15 is 0 Å². The third-order valence-corrected chi connectivity index (χ3v) is 4.08. The lowest BCUT2D eigenvalue weighted by Crippen LogP contribution is -2.31. The molecule has 0 saturated carbocycles. The zero-order valence-electron chi connectivity index (χ0n) is 9.54. The highest BCUT2D eigenvalue weighted by Crippen LogP contribution is 2.22. The predicted molar refractivity (Wildman–Crippen MR) is 74.6 cm³/mol. The largest absolute Gasteiger partial charge is 0.383 e. The van der Waals surface area contributed by atoms with E-state index in [1.54, 1.807) is 0 Å². The van der Waals surface area contributed by atoms with Crippen LogP contribution in [0.1, 0.15) is 31.9 Å². The van der Waals surface area contributed by atoms with Crippen LogP contribution in [-0.2, 0) is 6.42 Å². The molecule has 0 radical (unpaired) electrons. The maximum atomic E-state index is 5.92. The van der Waals surface area contributed by atoms with Crippen molar-refractivity contribution in [2.24, 2.45) is 0 Å². The van der Waals surface area contributed by atoms with Crippen molar-refractivity contribution in [3.8, 4) is 0 Å². The normalized spacial score (nSPS) is 16.5. The number of nitrogen functional groups attached to an aromatic ring is 1. The van der Waals surface area contributed by atoms with Crippen molar-refractivity contribution in [3.05, 3.63) is 9.26 Å². The number of piperidine rings is 1. The molecule has 0 aromatic carbocycles. The highest BCUT2D eigenvalue weighted by molar-refractivity contribution is 14.1. The van der Waals surface area contributed by atoms with Crippen LogP contribution in [0.5, 0.6) is 0 Å². The number of aryl methyl sites for hydroxylation is 1. The number of hydrogen-bond acceptors (Lipinski definition) is 4. The molecule has 1 fully saturated rings. The van der Waals surface area contributed by atoms with Crippen molar-refractivity contribution in [1.29, 1.82) is 0 Å². The molecule has 0 atom stereocenters. The molecule has 0 unspecified atom stereocenters. The quantitative estimate of drug-likeness (QED) is 0.844. The molecule has 2 rings (SSSR count). The molecule has 0 aliphatic carbocycles. The van der Waals surface area contributed by atoms with Crippen molar-refractivity contribution >= 4 is 34.4 Å². The smallest absolute Gasteiger partial charge is 0.227 e. The zero-order chi connectivity index (χ0) is 11.5. The third-order valence-electron chi connectivity index (χ3n) is 2.91. The van der Waals surface area contributed by atoms with Crippen LogP contribution in [0.4, 0.5) is 11.8 Å². The van der Waals surface area contributed by atoms with Crippen LogP contribution in [-0.4, -0.2) is 23.1 Å². The van der Waals surface area contributed by atoms with Gasteiger partial charge in [-0.15, -0.1) is 0 Å². The van der Waals surface area contributed by atoms with Gasteiger partial charge in [0.15, 0.2) is 0 Å². The lowest BCUT2D eigenvalue weighted by Gasteiger charge is -2.27. The first-order valence-corrected chi connectivity index (χ1v) is 6.87. The molecule has 0 bridgehead atoms. The molecule has 0 spiro atoms. The number of rotatable bonds is 2. The van der Waals surface area contributed by atoms with Gasteiger partial charge in [0.05, 0.1) is 9.26 Å². The topological polar surface area (TPSA) is 55.0 Å². The summed E-state index contributed by atoms with van der Waals surface area (Å²) in [6, 6.07) is 0. The van der Waals surface area contributed by atoms with Crippen molar-refractivity contribution in [1.82, 2.24) is 9.97 Å². The Hall–Kier alpha value is -0.590. The van der Waals surface area contributed by atoms with E-state index in [0.29, 0.717) is 5.82 Å². The number of hydrogen-bond donors (Lipinski definition) is 1. The van der Waals surface area contributed by atoms with E-state index in [4.69, 9.17) is 5.73 Å². The Labute approximate surface area is 110 Å². The molecule has 4 nitrogen and oxygen atoms in total. The van der Waals surface area contributed by atoms with Gasteiger partial charge >= 0.3 is 0 Å². The summed E-state index contributed by atoms with van der Waals surface area (Å²) in [5.74, 6) is 1.43. The van der Waals surface area contributed by atoms with Crippen molar-refractivity contribution in [2.75, 3.05) is 23.7 Å². The minimum Gasteiger partial charge on any atom is -0.383 e. The van der Waals surface area contributed by atoms with Gasteiger partial charge in [-0.3, -0.25) is 0 Å². The first kappa shape index (κ1) is 11.9. The molecular formula is C11H17IN4. The summed E-state index contributed by atoms with van der Waals surface area (Å²) < 4.78 is 1.00. The maximum Gasteiger partial charge on any atom is 0.227 e. The van der Waals surface area contributed by atoms with E-state index in [9.17, 15) is 0 Å². The first-order valence-electron chi connectivity index (χ1n) is 5.79. The Morgan fingerprint density at radius 2 is 1.94 bits per heavy atom. The highest BCUT2D eigenvalue weighted by Gasteiger charge is 2.16. The molecule has 1 aliphatic rings. The fraction of sp³-hybridized carbons (Fsp3) is 0.636. The van der Waals surface area contributed by atoms with E-state index in [0.717, 1.165) is 34.7 Å². The van der Waals surface area contributed by atoms with Gasteiger partial charge in [0.2, 0.25) is 5.95 Å². The average molecular weight is 332 g/mol. The van der Waals surface area contributed by atoms with Crippen LogP contribution in [0.3, 0.4) is 0 Å². The minimum absolute atomic E-state index is 0.619. The van der Waals surface area contributed by atoms with Gasteiger partial charge in [-0.25, -0.2) is 4.98 Å². The highest BCUT2D eigenvalue weighted by atomic mass is 127. The fourth-order valence-corrected chi connectivity index (χ4v) is 2.59. The van der Waals surface area contributed by atoms with Crippen LogP contribution >= 0.6 is 22.6 Å². The van der Waals surface area contributed by atoms with Crippen molar-refractivity contribution in [2.45, 2.75) is 32.6 Å². The molecule has 1 aliphatic heterocycles. The second kappa shape index (κ2) is 5.16. The number of aromatic nitrogens is 2. The Kier molecular flexibility index (Phi) is 3.83. The van der Waals surface area contributed by atoms with Gasteiger partial charge in [0.25, 0.3) is 0 Å². The molecule has 5 heteroatoms. The second-order valence-corrected chi connectivity index (χ2v) is 5.15. The number of nitrogens with zero attached hydrogens (tertiary/aromatic N) is 3. The fourth-order valence-electron chi connectivity index (χ4n) is 1.97. The second-order valence-electron chi connectivity index (χ2n) is 4.07. The van der Waals surface area contributed by atoms with Crippen molar-refractivity contribution < 1.29 is 0 Å². The van der Waals surface area contributed by atoms with Crippen LogP contribution in [0.15, 0.2) is 0 Å². The summed E-state index contributed by atoms with van der Waals surface area (Å²) in [4.78, 5) is 11.2. The number of nitrogens with two attached hydrogens (primary N) is 1. The first-order chi connectivity index (χ1) is 7.72. The van der Waals surface area contributed by atoms with Gasteiger partial charge in [-0.2, -0.15) is 4.98 Å². The van der Waals surface area contributed by atoms with Crippen LogP contribution in [0.25, 0.3) is 0 Å². The van der Waals surface area contributed by atoms with E-state index in [-0.39, 0.29) is 0 Å². The van der Waals surface area contributed by atoms with E-state index < -0.39 is 0 Å². The lowest BCUT2D eigenvalue weighted by molar-refractivity contribution is 0.567. The lowest BCUT2D eigenvalue weighted by atomic mass is 10.1. The molecule has 88 valence electrons. The maximum absolute atomic E-state index is 5.92. The summed E-state index contributed by atoms with van der Waals surface area (Å²) >= 11 is 2.22. The van der Waals surface area contributed by atoms with Gasteiger partial charge in [0, 0.05) is 13.1 Å². The molecule has 2 N–H and O–H groups in total. The van der Waals surface area contributed by atoms with Gasteiger partial charge in [0.1, 0.15) is 5.82 Å². The third kappa shape index (κ3) is 2.39. The van der Waals surface area contributed by atoms with Gasteiger partial charge < -0.3 is 10.6 Å². The van der Waals surface area contributed by atoms with Crippen LogP contribution < -0.4 is 10.6 Å². The predicted octanol–water partition coefficient (Wildman–Crippen LogP) is 2.22. The summed E-state index contributed by atoms with van der Waals surface area (Å²) in [6.07, 6.45) is 4.69.